The standard InChI is InChI=1S/C23H26F3N7O3S/c1-13(14-2-3-14)28-18-10-17(30-19(31-18)16-11-27-33-8-9-37-21(16)33)20(34)32-6-4-15(5-7-32)29-22(35)36-12-23(24,25)26/h8-11,13-15H,2-7,12H2,1H3,(H,29,35)(H,28,30,31). The Bertz CT molecular complexity index is 1280. The van der Waals surface area contributed by atoms with E-state index in [1.165, 1.54) is 11.3 Å². The number of anilines is 1. The monoisotopic (exact) mass is 537 g/mol. The van der Waals surface area contributed by atoms with E-state index in [2.05, 4.69) is 37.4 Å². The van der Waals surface area contributed by atoms with Crippen molar-refractivity contribution in [2.24, 2.45) is 5.92 Å². The Morgan fingerprint density at radius 2 is 1.97 bits per heavy atom. The second-order valence-corrected chi connectivity index (χ2v) is 10.2. The minimum absolute atomic E-state index is 0.207. The fourth-order valence-corrected chi connectivity index (χ4v) is 5.12. The molecule has 2 amide bonds. The fourth-order valence-electron chi connectivity index (χ4n) is 4.32. The molecule has 1 saturated carbocycles. The summed E-state index contributed by atoms with van der Waals surface area (Å²) in [6, 6.07) is 1.47. The van der Waals surface area contributed by atoms with Crippen LogP contribution in [0.15, 0.2) is 23.8 Å². The van der Waals surface area contributed by atoms with E-state index in [0.717, 1.165) is 23.2 Å². The minimum atomic E-state index is -4.58. The number of aromatic nitrogens is 4. The summed E-state index contributed by atoms with van der Waals surface area (Å²) in [7, 11) is 0. The molecule has 1 atom stereocenters. The summed E-state index contributed by atoms with van der Waals surface area (Å²) in [5.74, 6) is 1.26. The van der Waals surface area contributed by atoms with Crippen LogP contribution >= 0.6 is 11.3 Å². The van der Waals surface area contributed by atoms with Crippen LogP contribution in [0.3, 0.4) is 0 Å². The van der Waals surface area contributed by atoms with Crippen LogP contribution in [0.1, 0.15) is 43.1 Å². The van der Waals surface area contributed by atoms with Crippen LogP contribution in [0.2, 0.25) is 0 Å². The van der Waals surface area contributed by atoms with Crippen molar-refractivity contribution in [1.82, 2.24) is 29.8 Å². The van der Waals surface area contributed by atoms with E-state index in [1.54, 1.807) is 21.7 Å². The highest BCUT2D eigenvalue weighted by Gasteiger charge is 2.32. The van der Waals surface area contributed by atoms with Gasteiger partial charge in [0.15, 0.2) is 12.4 Å². The summed E-state index contributed by atoms with van der Waals surface area (Å²) in [6.07, 6.45) is 0.891. The molecular weight excluding hydrogens is 511 g/mol. The molecule has 4 heterocycles. The number of carbonyl (C=O) groups is 2. The molecule has 1 aliphatic heterocycles. The molecule has 1 aliphatic carbocycles. The normalized spacial score (nSPS) is 17.6. The molecule has 14 heteroatoms. The zero-order valence-corrected chi connectivity index (χ0v) is 20.8. The quantitative estimate of drug-likeness (QED) is 0.469. The first-order valence-corrected chi connectivity index (χ1v) is 12.9. The highest BCUT2D eigenvalue weighted by molar-refractivity contribution is 7.16. The summed E-state index contributed by atoms with van der Waals surface area (Å²) in [5, 5.41) is 12.1. The van der Waals surface area contributed by atoms with Gasteiger partial charge in [-0.15, -0.1) is 11.3 Å². The first-order chi connectivity index (χ1) is 17.7. The van der Waals surface area contributed by atoms with Crippen LogP contribution < -0.4 is 10.6 Å². The van der Waals surface area contributed by atoms with Crippen molar-refractivity contribution in [3.8, 4) is 11.4 Å². The predicted octanol–water partition coefficient (Wildman–Crippen LogP) is 3.96. The molecule has 37 heavy (non-hydrogen) atoms. The van der Waals surface area contributed by atoms with E-state index in [-0.39, 0.29) is 23.7 Å². The Morgan fingerprint density at radius 3 is 2.68 bits per heavy atom. The molecule has 1 saturated heterocycles. The maximum Gasteiger partial charge on any atom is 0.422 e. The molecule has 2 fully saturated rings. The Labute approximate surface area is 214 Å². The summed E-state index contributed by atoms with van der Waals surface area (Å²) in [4.78, 5) is 36.8. The van der Waals surface area contributed by atoms with Gasteiger partial charge in [-0.05, 0) is 38.5 Å². The summed E-state index contributed by atoms with van der Waals surface area (Å²) >= 11 is 1.50. The number of hydrogen-bond donors (Lipinski definition) is 2. The van der Waals surface area contributed by atoms with Gasteiger partial charge in [0.1, 0.15) is 16.3 Å². The molecule has 10 nitrogen and oxygen atoms in total. The van der Waals surface area contributed by atoms with E-state index >= 15 is 0 Å². The van der Waals surface area contributed by atoms with Crippen LogP contribution in [0.5, 0.6) is 0 Å². The molecule has 3 aromatic heterocycles. The average Bonchev–Trinajstić information content (AvgIpc) is 3.48. The Morgan fingerprint density at radius 1 is 1.22 bits per heavy atom. The highest BCUT2D eigenvalue weighted by Crippen LogP contribution is 2.34. The van der Waals surface area contributed by atoms with Gasteiger partial charge in [0, 0.05) is 42.8 Å². The lowest BCUT2D eigenvalue weighted by atomic mass is 10.0. The molecule has 0 bridgehead atoms. The number of alkyl carbamates (subject to hydrolysis) is 1. The molecule has 1 unspecified atom stereocenters. The zero-order valence-electron chi connectivity index (χ0n) is 20.0. The number of nitrogens with zero attached hydrogens (tertiary/aromatic N) is 5. The van der Waals surface area contributed by atoms with Gasteiger partial charge >= 0.3 is 12.3 Å². The number of nitrogens with one attached hydrogen (secondary N) is 2. The van der Waals surface area contributed by atoms with Gasteiger partial charge in [-0.3, -0.25) is 4.79 Å². The lowest BCUT2D eigenvalue weighted by molar-refractivity contribution is -0.160. The van der Waals surface area contributed by atoms with E-state index < -0.39 is 18.9 Å². The number of carbonyl (C=O) groups excluding carboxylic acids is 2. The van der Waals surface area contributed by atoms with Crippen molar-refractivity contribution in [2.75, 3.05) is 25.0 Å². The molecule has 2 N–H and O–H groups in total. The minimum Gasteiger partial charge on any atom is -0.440 e. The van der Waals surface area contributed by atoms with Crippen molar-refractivity contribution in [1.29, 1.82) is 0 Å². The SMILES string of the molecule is CC(Nc1cc(C(=O)N2CCC(NC(=O)OCC(F)(F)F)CC2)nc(-c2cnn3ccsc23)n1)C1CC1. The lowest BCUT2D eigenvalue weighted by Gasteiger charge is -2.32. The van der Waals surface area contributed by atoms with Crippen LogP contribution in [-0.2, 0) is 4.74 Å². The van der Waals surface area contributed by atoms with E-state index in [9.17, 15) is 22.8 Å². The summed E-state index contributed by atoms with van der Waals surface area (Å²) in [5.41, 5.74) is 0.967. The number of halogens is 3. The Balaban J connectivity index is 1.29. The van der Waals surface area contributed by atoms with Crippen molar-refractivity contribution in [3.05, 3.63) is 29.5 Å². The second kappa shape index (κ2) is 10.1. The van der Waals surface area contributed by atoms with E-state index in [0.29, 0.717) is 43.5 Å². The summed E-state index contributed by atoms with van der Waals surface area (Å²) < 4.78 is 42.7. The van der Waals surface area contributed by atoms with E-state index in [4.69, 9.17) is 0 Å². The number of thiazole rings is 1. The van der Waals surface area contributed by atoms with Gasteiger partial charge in [-0.25, -0.2) is 19.3 Å². The average molecular weight is 538 g/mol. The number of piperidine rings is 1. The topological polar surface area (TPSA) is 114 Å². The van der Waals surface area contributed by atoms with Crippen LogP contribution in [0.4, 0.5) is 23.8 Å². The van der Waals surface area contributed by atoms with Gasteiger partial charge in [-0.2, -0.15) is 18.3 Å². The largest absolute Gasteiger partial charge is 0.440 e. The number of alkyl halides is 3. The van der Waals surface area contributed by atoms with Gasteiger partial charge in [-0.1, -0.05) is 0 Å². The van der Waals surface area contributed by atoms with Crippen molar-refractivity contribution < 1.29 is 27.5 Å². The molecule has 0 spiro atoms. The van der Waals surface area contributed by atoms with Gasteiger partial charge in [0.2, 0.25) is 0 Å². The molecule has 2 aliphatic rings. The van der Waals surface area contributed by atoms with Crippen molar-refractivity contribution in [3.63, 3.8) is 0 Å². The molecule has 5 rings (SSSR count). The molecule has 198 valence electrons. The van der Waals surface area contributed by atoms with Crippen LogP contribution in [0.25, 0.3) is 16.2 Å². The summed E-state index contributed by atoms with van der Waals surface area (Å²) in [6.45, 7) is 1.08. The smallest absolute Gasteiger partial charge is 0.422 e. The third-order valence-electron chi connectivity index (χ3n) is 6.49. The number of likely N-dealkylation sites (tertiary alicyclic amines) is 1. The van der Waals surface area contributed by atoms with Gasteiger partial charge in [0.05, 0.1) is 11.8 Å². The van der Waals surface area contributed by atoms with Crippen molar-refractivity contribution >= 4 is 34.0 Å². The number of fused-ring (bicyclic) bond motifs is 1. The fraction of sp³-hybridized carbons (Fsp3) is 0.522. The first kappa shape index (κ1) is 25.2. The predicted molar refractivity (Wildman–Crippen MR) is 129 cm³/mol. The molecule has 0 radical (unpaired) electrons. The first-order valence-electron chi connectivity index (χ1n) is 12.0. The maximum absolute atomic E-state index is 13.4. The Kier molecular flexibility index (Phi) is 6.92. The third kappa shape index (κ3) is 6.12. The number of ether oxygens (including phenoxy) is 1. The molecular formula is C23H26F3N7O3S. The number of amides is 2. The highest BCUT2D eigenvalue weighted by atomic mass is 32.1. The van der Waals surface area contributed by atoms with Gasteiger partial charge < -0.3 is 20.3 Å². The van der Waals surface area contributed by atoms with E-state index in [1.807, 2.05) is 11.6 Å². The van der Waals surface area contributed by atoms with Crippen molar-refractivity contribution in [2.45, 2.75) is 50.9 Å². The number of hydrogen-bond acceptors (Lipinski definition) is 8. The van der Waals surface area contributed by atoms with Crippen LogP contribution in [0, 0.1) is 5.92 Å². The maximum atomic E-state index is 13.4. The molecule has 0 aromatic carbocycles. The lowest BCUT2D eigenvalue weighted by Crippen LogP contribution is -2.47. The Hall–Kier alpha value is -3.42. The molecule has 3 aromatic rings. The third-order valence-corrected chi connectivity index (χ3v) is 7.38. The second-order valence-electron chi connectivity index (χ2n) is 9.35. The zero-order chi connectivity index (χ0) is 26.2. The number of rotatable bonds is 7. The van der Waals surface area contributed by atoms with Gasteiger partial charge in [0.25, 0.3) is 5.91 Å². The van der Waals surface area contributed by atoms with Crippen LogP contribution in [-0.4, -0.2) is 74.4 Å².